The van der Waals surface area contributed by atoms with Crippen molar-refractivity contribution >= 4 is 16.9 Å². The van der Waals surface area contributed by atoms with E-state index >= 15 is 0 Å². The lowest BCUT2D eigenvalue weighted by atomic mass is 10.1. The maximum Gasteiger partial charge on any atom is 0.256 e. The summed E-state index contributed by atoms with van der Waals surface area (Å²) in [5.74, 6) is 1.03. The first-order chi connectivity index (χ1) is 14.4. The topological polar surface area (TPSA) is 89.0 Å². The molecule has 1 amide bonds. The Morgan fingerprint density at radius 2 is 2.17 bits per heavy atom. The Bertz CT molecular complexity index is 1160. The number of nitrogens with zero attached hydrogens (tertiary/aromatic N) is 2. The van der Waals surface area contributed by atoms with E-state index in [1.807, 2.05) is 19.1 Å². The molecule has 3 heterocycles. The summed E-state index contributed by atoms with van der Waals surface area (Å²) >= 11 is 0. The first kappa shape index (κ1) is 20.2. The molecule has 1 saturated carbocycles. The van der Waals surface area contributed by atoms with E-state index in [-0.39, 0.29) is 24.1 Å². The number of carbonyl (C=O) groups is 1. The second kappa shape index (κ2) is 7.97. The normalized spacial score (nSPS) is 14.7. The molecule has 1 aliphatic carbocycles. The highest BCUT2D eigenvalue weighted by Crippen LogP contribution is 2.39. The number of methoxy groups -OCH3 is 1. The summed E-state index contributed by atoms with van der Waals surface area (Å²) < 4.78 is 7.51. The van der Waals surface area contributed by atoms with Gasteiger partial charge in [-0.15, -0.1) is 0 Å². The van der Waals surface area contributed by atoms with E-state index in [1.54, 1.807) is 19.2 Å². The molecule has 0 spiro atoms. The van der Waals surface area contributed by atoms with Gasteiger partial charge in [-0.05, 0) is 51.3 Å². The summed E-state index contributed by atoms with van der Waals surface area (Å²) in [7, 11) is 1.52. The van der Waals surface area contributed by atoms with Crippen LogP contribution in [0.25, 0.3) is 11.0 Å². The zero-order valence-corrected chi connectivity index (χ0v) is 17.9. The number of H-pyrrole nitrogens is 1. The summed E-state index contributed by atoms with van der Waals surface area (Å²) in [5.41, 5.74) is 3.20. The third kappa shape index (κ3) is 3.72. The number of nitrogens with one attached hydrogen (secondary N) is 2. The molecule has 2 N–H and O–H groups in total. The van der Waals surface area contributed by atoms with Crippen LogP contribution in [0.15, 0.2) is 29.2 Å². The van der Waals surface area contributed by atoms with Gasteiger partial charge in [0, 0.05) is 29.0 Å². The number of carbonyl (C=O) groups excluding carboxylic acids is 1. The van der Waals surface area contributed by atoms with Crippen LogP contribution < -0.4 is 15.6 Å². The van der Waals surface area contributed by atoms with Gasteiger partial charge in [0.1, 0.15) is 11.4 Å². The Hall–Kier alpha value is -3.09. The molecule has 7 heteroatoms. The van der Waals surface area contributed by atoms with Gasteiger partial charge in [-0.1, -0.05) is 12.8 Å². The Morgan fingerprint density at radius 3 is 2.87 bits per heavy atom. The van der Waals surface area contributed by atoms with Gasteiger partial charge in [0.15, 0.2) is 0 Å². The fraction of sp³-hybridized carbons (Fsp3) is 0.435. The number of aromatic amines is 1. The summed E-state index contributed by atoms with van der Waals surface area (Å²) in [5, 5.41) is 3.74. The van der Waals surface area contributed by atoms with E-state index in [4.69, 9.17) is 4.74 Å². The smallest absolute Gasteiger partial charge is 0.256 e. The summed E-state index contributed by atoms with van der Waals surface area (Å²) in [6, 6.07) is 5.81. The first-order valence-corrected chi connectivity index (χ1v) is 10.4. The van der Waals surface area contributed by atoms with Crippen molar-refractivity contribution in [3.05, 3.63) is 57.3 Å². The lowest BCUT2D eigenvalue weighted by molar-refractivity contribution is 0.0951. The molecule has 1 unspecified atom stereocenters. The second-order valence-electron chi connectivity index (χ2n) is 8.24. The van der Waals surface area contributed by atoms with Crippen molar-refractivity contribution in [1.29, 1.82) is 0 Å². The largest absolute Gasteiger partial charge is 0.496 e. The lowest BCUT2D eigenvalue weighted by Crippen LogP contribution is -2.28. The zero-order chi connectivity index (χ0) is 21.4. The molecule has 0 saturated heterocycles. The molecule has 0 aromatic carbocycles. The highest BCUT2D eigenvalue weighted by molar-refractivity contribution is 6.07. The monoisotopic (exact) mass is 408 g/mol. The Balaban J connectivity index is 1.66. The van der Waals surface area contributed by atoms with Gasteiger partial charge in [-0.2, -0.15) is 0 Å². The summed E-state index contributed by atoms with van der Waals surface area (Å²) in [4.78, 5) is 32.9. The van der Waals surface area contributed by atoms with E-state index in [2.05, 4.69) is 26.8 Å². The van der Waals surface area contributed by atoms with Gasteiger partial charge < -0.3 is 19.6 Å². The van der Waals surface area contributed by atoms with Crippen LogP contribution in [0.2, 0.25) is 0 Å². The maximum absolute atomic E-state index is 13.2. The number of hydrogen-bond acceptors (Lipinski definition) is 4. The van der Waals surface area contributed by atoms with Crippen LogP contribution in [-0.4, -0.2) is 27.6 Å². The molecule has 1 aliphatic rings. The van der Waals surface area contributed by atoms with Crippen LogP contribution in [-0.2, 0) is 6.54 Å². The number of hydrogen-bond donors (Lipinski definition) is 2. The van der Waals surface area contributed by atoms with Crippen molar-refractivity contribution in [1.82, 2.24) is 19.9 Å². The van der Waals surface area contributed by atoms with Crippen molar-refractivity contribution in [3.8, 4) is 5.75 Å². The van der Waals surface area contributed by atoms with E-state index in [0.717, 1.165) is 29.1 Å². The zero-order valence-electron chi connectivity index (χ0n) is 17.9. The van der Waals surface area contributed by atoms with Gasteiger partial charge in [-0.25, -0.2) is 4.98 Å². The van der Waals surface area contributed by atoms with Crippen molar-refractivity contribution in [2.45, 2.75) is 52.6 Å². The van der Waals surface area contributed by atoms with Gasteiger partial charge in [0.05, 0.1) is 24.8 Å². The highest BCUT2D eigenvalue weighted by atomic mass is 16.5. The van der Waals surface area contributed by atoms with Crippen LogP contribution in [0.1, 0.15) is 59.5 Å². The van der Waals surface area contributed by atoms with Crippen molar-refractivity contribution in [3.63, 3.8) is 0 Å². The third-order valence-electron chi connectivity index (χ3n) is 5.92. The first-order valence-electron chi connectivity index (χ1n) is 10.4. The molecule has 158 valence electrons. The SMILES string of the molecule is COc1cc(C)[nH]c(=O)c1CNC(=O)c1c(C)n(C(C)CC2CC2)c2ncccc12. The molecule has 0 radical (unpaired) electrons. The van der Waals surface area contributed by atoms with Crippen molar-refractivity contribution in [2.24, 2.45) is 5.92 Å². The average Bonchev–Trinajstić information content (AvgIpc) is 3.46. The molecule has 30 heavy (non-hydrogen) atoms. The Labute approximate surface area is 175 Å². The molecular weight excluding hydrogens is 380 g/mol. The van der Waals surface area contributed by atoms with Gasteiger partial charge >= 0.3 is 0 Å². The Morgan fingerprint density at radius 1 is 1.40 bits per heavy atom. The number of aryl methyl sites for hydroxylation is 1. The van der Waals surface area contributed by atoms with Crippen LogP contribution in [0.4, 0.5) is 0 Å². The van der Waals surface area contributed by atoms with E-state index in [0.29, 0.717) is 22.6 Å². The number of ether oxygens (including phenoxy) is 1. The van der Waals surface area contributed by atoms with E-state index in [1.165, 1.54) is 20.0 Å². The molecule has 4 rings (SSSR count). The van der Waals surface area contributed by atoms with Crippen LogP contribution in [0.3, 0.4) is 0 Å². The minimum atomic E-state index is -0.258. The van der Waals surface area contributed by atoms with Gasteiger partial charge in [-0.3, -0.25) is 9.59 Å². The predicted octanol–water partition coefficient (Wildman–Crippen LogP) is 3.64. The number of rotatable bonds is 7. The molecule has 1 fully saturated rings. The number of amides is 1. The molecule has 3 aromatic rings. The number of pyridine rings is 2. The maximum atomic E-state index is 13.2. The molecule has 1 atom stereocenters. The van der Waals surface area contributed by atoms with Crippen molar-refractivity contribution < 1.29 is 9.53 Å². The second-order valence-corrected chi connectivity index (χ2v) is 8.24. The van der Waals surface area contributed by atoms with Gasteiger partial charge in [0.25, 0.3) is 11.5 Å². The Kier molecular flexibility index (Phi) is 5.37. The molecule has 0 bridgehead atoms. The van der Waals surface area contributed by atoms with Gasteiger partial charge in [0.2, 0.25) is 0 Å². The van der Waals surface area contributed by atoms with E-state index < -0.39 is 0 Å². The van der Waals surface area contributed by atoms with E-state index in [9.17, 15) is 9.59 Å². The third-order valence-corrected chi connectivity index (χ3v) is 5.92. The average molecular weight is 409 g/mol. The minimum absolute atomic E-state index is 0.0849. The summed E-state index contributed by atoms with van der Waals surface area (Å²) in [6.45, 7) is 6.04. The fourth-order valence-electron chi connectivity index (χ4n) is 4.32. The fourth-order valence-corrected chi connectivity index (χ4v) is 4.32. The lowest BCUT2D eigenvalue weighted by Gasteiger charge is -2.17. The molecular formula is C23H28N4O3. The molecule has 7 nitrogen and oxygen atoms in total. The van der Waals surface area contributed by atoms with Crippen LogP contribution in [0.5, 0.6) is 5.75 Å². The van der Waals surface area contributed by atoms with Crippen molar-refractivity contribution in [2.75, 3.05) is 7.11 Å². The summed E-state index contributed by atoms with van der Waals surface area (Å²) in [6.07, 6.45) is 5.44. The number of aromatic nitrogens is 3. The minimum Gasteiger partial charge on any atom is -0.496 e. The standard InChI is InChI=1S/C23H28N4O3/c1-13-10-19(30-4)18(22(28)26-13)12-25-23(29)20-15(3)27(14(2)11-16-7-8-16)21-17(20)6-5-9-24-21/h5-6,9-10,14,16H,7-8,11-12H2,1-4H3,(H,25,29)(H,26,28). The number of fused-ring (bicyclic) bond motifs is 1. The quantitative estimate of drug-likeness (QED) is 0.625. The van der Waals surface area contributed by atoms with Crippen LogP contribution >= 0.6 is 0 Å². The predicted molar refractivity (Wildman–Crippen MR) is 116 cm³/mol. The van der Waals surface area contributed by atoms with Crippen LogP contribution in [0, 0.1) is 19.8 Å². The molecule has 0 aliphatic heterocycles. The molecule has 3 aromatic heterocycles. The highest BCUT2D eigenvalue weighted by Gasteiger charge is 2.28.